The van der Waals surface area contributed by atoms with Crippen LogP contribution in [0, 0.1) is 13.8 Å². The molecular formula is C17H15ClN6S. The summed E-state index contributed by atoms with van der Waals surface area (Å²) in [5.74, 6) is 0.671. The van der Waals surface area contributed by atoms with Crippen molar-refractivity contribution in [3.8, 4) is 5.69 Å². The lowest BCUT2D eigenvalue weighted by molar-refractivity contribution is 0.751. The van der Waals surface area contributed by atoms with Crippen molar-refractivity contribution in [2.75, 3.05) is 0 Å². The van der Waals surface area contributed by atoms with Crippen LogP contribution in [0.1, 0.15) is 16.8 Å². The van der Waals surface area contributed by atoms with Crippen molar-refractivity contribution in [1.29, 1.82) is 0 Å². The summed E-state index contributed by atoms with van der Waals surface area (Å²) in [4.78, 5) is 4.59. The molecule has 0 aliphatic carbocycles. The van der Waals surface area contributed by atoms with E-state index >= 15 is 0 Å². The van der Waals surface area contributed by atoms with Gasteiger partial charge in [0.1, 0.15) is 5.65 Å². The molecule has 4 rings (SSSR count). The number of aryl methyl sites for hydroxylation is 2. The van der Waals surface area contributed by atoms with Gasteiger partial charge in [-0.3, -0.25) is 0 Å². The maximum atomic E-state index is 6.02. The summed E-state index contributed by atoms with van der Waals surface area (Å²) in [6, 6.07) is 9.98. The highest BCUT2D eigenvalue weighted by Crippen LogP contribution is 2.24. The van der Waals surface area contributed by atoms with Crippen LogP contribution < -0.4 is 0 Å². The molecule has 1 aromatic carbocycles. The van der Waals surface area contributed by atoms with Gasteiger partial charge < -0.3 is 4.40 Å². The molecule has 0 spiro atoms. The predicted octanol–water partition coefficient (Wildman–Crippen LogP) is 3.87. The van der Waals surface area contributed by atoms with E-state index in [-0.39, 0.29) is 0 Å². The highest BCUT2D eigenvalue weighted by Gasteiger charge is 2.12. The lowest BCUT2D eigenvalue weighted by Gasteiger charge is -2.08. The van der Waals surface area contributed by atoms with Gasteiger partial charge in [-0.1, -0.05) is 35.5 Å². The van der Waals surface area contributed by atoms with Gasteiger partial charge in [0.05, 0.1) is 16.4 Å². The number of rotatable bonds is 4. The molecule has 0 atom stereocenters. The average molecular weight is 371 g/mol. The van der Waals surface area contributed by atoms with Gasteiger partial charge in [-0.05, 0) is 53.6 Å². The molecule has 0 unspecified atom stereocenters. The van der Waals surface area contributed by atoms with E-state index in [0.29, 0.717) is 10.8 Å². The first-order valence-electron chi connectivity index (χ1n) is 7.72. The molecule has 3 aromatic heterocycles. The van der Waals surface area contributed by atoms with Crippen molar-refractivity contribution >= 4 is 29.0 Å². The number of hydrogen-bond donors (Lipinski definition) is 0. The van der Waals surface area contributed by atoms with Gasteiger partial charge in [-0.25, -0.2) is 4.98 Å². The van der Waals surface area contributed by atoms with Crippen molar-refractivity contribution in [1.82, 2.24) is 29.6 Å². The molecular weight excluding hydrogens is 356 g/mol. The molecule has 0 saturated heterocycles. The number of nitrogens with zero attached hydrogens (tertiary/aromatic N) is 6. The second-order valence-corrected chi connectivity index (χ2v) is 7.18. The lowest BCUT2D eigenvalue weighted by Crippen LogP contribution is -2.02. The lowest BCUT2D eigenvalue weighted by atomic mass is 10.1. The molecule has 4 aromatic rings. The van der Waals surface area contributed by atoms with E-state index in [1.807, 2.05) is 28.9 Å². The Kier molecular flexibility index (Phi) is 4.19. The monoisotopic (exact) mass is 370 g/mol. The maximum absolute atomic E-state index is 6.02. The molecule has 0 aliphatic heterocycles. The van der Waals surface area contributed by atoms with Gasteiger partial charge in [0.25, 0.3) is 0 Å². The zero-order valence-electron chi connectivity index (χ0n) is 13.7. The van der Waals surface area contributed by atoms with Crippen LogP contribution in [0.15, 0.2) is 47.9 Å². The van der Waals surface area contributed by atoms with Crippen LogP contribution in [0.5, 0.6) is 0 Å². The first-order valence-corrected chi connectivity index (χ1v) is 9.08. The minimum atomic E-state index is 0.671. The van der Waals surface area contributed by atoms with Crippen LogP contribution in [0.25, 0.3) is 11.3 Å². The Hall–Kier alpha value is -2.38. The summed E-state index contributed by atoms with van der Waals surface area (Å²) in [6.45, 7) is 4.11. The van der Waals surface area contributed by atoms with Crippen LogP contribution >= 0.6 is 23.4 Å². The number of imidazole rings is 1. The van der Waals surface area contributed by atoms with Gasteiger partial charge in [-0.2, -0.15) is 4.68 Å². The number of fused-ring (bicyclic) bond motifs is 1. The van der Waals surface area contributed by atoms with E-state index in [1.54, 1.807) is 16.4 Å². The molecule has 0 radical (unpaired) electrons. The first-order chi connectivity index (χ1) is 12.1. The van der Waals surface area contributed by atoms with Crippen LogP contribution in [0.2, 0.25) is 5.02 Å². The number of thioether (sulfide) groups is 1. The number of pyridine rings is 1. The van der Waals surface area contributed by atoms with E-state index < -0.39 is 0 Å². The third-order valence-corrected chi connectivity index (χ3v) is 5.02. The average Bonchev–Trinajstić information content (AvgIpc) is 3.20. The first kappa shape index (κ1) is 16.1. The molecule has 25 heavy (non-hydrogen) atoms. The van der Waals surface area contributed by atoms with Crippen LogP contribution in [0.4, 0.5) is 0 Å². The molecule has 8 heteroatoms. The highest BCUT2D eigenvalue weighted by molar-refractivity contribution is 7.98. The van der Waals surface area contributed by atoms with Crippen molar-refractivity contribution in [3.05, 3.63) is 64.6 Å². The van der Waals surface area contributed by atoms with Gasteiger partial charge in [0.15, 0.2) is 0 Å². The van der Waals surface area contributed by atoms with Crippen molar-refractivity contribution in [2.24, 2.45) is 0 Å². The zero-order valence-corrected chi connectivity index (χ0v) is 15.3. The summed E-state index contributed by atoms with van der Waals surface area (Å²) in [7, 11) is 0. The molecule has 0 amide bonds. The third kappa shape index (κ3) is 3.25. The van der Waals surface area contributed by atoms with Crippen molar-refractivity contribution in [2.45, 2.75) is 24.8 Å². The molecule has 126 valence electrons. The van der Waals surface area contributed by atoms with Crippen LogP contribution in [0.3, 0.4) is 0 Å². The van der Waals surface area contributed by atoms with Gasteiger partial charge >= 0.3 is 0 Å². The fraction of sp³-hybridized carbons (Fsp3) is 0.176. The molecule has 6 nitrogen and oxygen atoms in total. The van der Waals surface area contributed by atoms with E-state index in [9.17, 15) is 0 Å². The van der Waals surface area contributed by atoms with E-state index in [4.69, 9.17) is 11.6 Å². The smallest absolute Gasteiger partial charge is 0.214 e. The number of halogens is 1. The normalized spacial score (nSPS) is 11.3. The second-order valence-electron chi connectivity index (χ2n) is 5.80. The van der Waals surface area contributed by atoms with Crippen LogP contribution in [-0.2, 0) is 5.75 Å². The number of tetrazole rings is 1. The summed E-state index contributed by atoms with van der Waals surface area (Å²) < 4.78 is 3.70. The van der Waals surface area contributed by atoms with Crippen molar-refractivity contribution in [3.63, 3.8) is 0 Å². The van der Waals surface area contributed by atoms with Gasteiger partial charge in [-0.15, -0.1) is 5.10 Å². The maximum Gasteiger partial charge on any atom is 0.214 e. The second kappa shape index (κ2) is 6.50. The quantitative estimate of drug-likeness (QED) is 0.510. The van der Waals surface area contributed by atoms with E-state index in [2.05, 4.69) is 52.6 Å². The Bertz CT molecular complexity index is 1050. The Morgan fingerprint density at radius 2 is 2.00 bits per heavy atom. The Labute approximate surface area is 153 Å². The third-order valence-electron chi connectivity index (χ3n) is 3.85. The summed E-state index contributed by atoms with van der Waals surface area (Å²) in [5.41, 5.74) is 5.11. The molecule has 0 aliphatic rings. The van der Waals surface area contributed by atoms with E-state index in [0.717, 1.165) is 27.7 Å². The molecule has 0 N–H and O–H groups in total. The SMILES string of the molecule is Cc1ccc(C)c(-n2nnnc2SCc2cn3cc(Cl)ccc3n2)c1. The number of benzene rings is 1. The minimum absolute atomic E-state index is 0.671. The zero-order chi connectivity index (χ0) is 17.4. The summed E-state index contributed by atoms with van der Waals surface area (Å²) >= 11 is 7.57. The molecule has 3 heterocycles. The standard InChI is InChI=1S/C17H15ClN6S/c1-11-3-4-12(2)15(7-11)24-17(20-21-22-24)25-10-14-9-23-8-13(18)5-6-16(23)19-14/h3-9H,10H2,1-2H3. The Morgan fingerprint density at radius 3 is 2.88 bits per heavy atom. The van der Waals surface area contributed by atoms with Gasteiger partial charge in [0, 0.05) is 18.1 Å². The van der Waals surface area contributed by atoms with Gasteiger partial charge in [0.2, 0.25) is 5.16 Å². The minimum Gasteiger partial charge on any atom is -0.305 e. The fourth-order valence-electron chi connectivity index (χ4n) is 2.59. The predicted molar refractivity (Wildman–Crippen MR) is 98.4 cm³/mol. The fourth-order valence-corrected chi connectivity index (χ4v) is 3.53. The Balaban J connectivity index is 1.59. The number of hydrogen-bond acceptors (Lipinski definition) is 5. The van der Waals surface area contributed by atoms with Crippen LogP contribution in [-0.4, -0.2) is 29.6 Å². The van der Waals surface area contributed by atoms with Crippen molar-refractivity contribution < 1.29 is 0 Å². The highest BCUT2D eigenvalue weighted by atomic mass is 35.5. The summed E-state index contributed by atoms with van der Waals surface area (Å²) in [6.07, 6.45) is 3.82. The summed E-state index contributed by atoms with van der Waals surface area (Å²) in [5, 5.41) is 13.6. The molecule has 0 saturated carbocycles. The topological polar surface area (TPSA) is 60.9 Å². The largest absolute Gasteiger partial charge is 0.305 e. The number of aromatic nitrogens is 6. The Morgan fingerprint density at radius 1 is 1.12 bits per heavy atom. The molecule has 0 bridgehead atoms. The van der Waals surface area contributed by atoms with E-state index in [1.165, 1.54) is 5.56 Å². The molecule has 0 fully saturated rings.